The Bertz CT molecular complexity index is 280. The maximum atomic E-state index is 5.72. The molecule has 0 bridgehead atoms. The topological polar surface area (TPSA) is 48.1 Å². The Morgan fingerprint density at radius 2 is 2.25 bits per heavy atom. The van der Waals surface area contributed by atoms with E-state index in [2.05, 4.69) is 9.82 Å². The van der Waals surface area contributed by atoms with Crippen LogP contribution in [0.4, 0.5) is 0 Å². The fourth-order valence-electron chi connectivity index (χ4n) is 0.737. The Kier molecular flexibility index (Phi) is 3.29. The van der Waals surface area contributed by atoms with Gasteiger partial charge in [-0.2, -0.15) is 0 Å². The molecule has 1 unspecified atom stereocenters. The molecular weight excluding hydrogens is 199 g/mol. The van der Waals surface area contributed by atoms with Gasteiger partial charge in [-0.25, -0.2) is 10.9 Å². The normalized spacial score (nSPS) is 13.0. The van der Waals surface area contributed by atoms with Crippen LogP contribution in [-0.2, 0) is 4.84 Å². The van der Waals surface area contributed by atoms with Crippen LogP contribution in [-0.4, -0.2) is 4.98 Å². The predicted molar refractivity (Wildman–Crippen MR) is 47.9 cm³/mol. The van der Waals surface area contributed by atoms with Crippen molar-refractivity contribution in [1.29, 1.82) is 0 Å². The summed E-state index contributed by atoms with van der Waals surface area (Å²) in [4.78, 5) is 8.43. The van der Waals surface area contributed by atoms with Crippen LogP contribution in [0.1, 0.15) is 18.6 Å². The SMILES string of the molecule is CC(ON)c1cnc(Cl)c(Cl)c1. The lowest BCUT2D eigenvalue weighted by Crippen LogP contribution is -2.05. The second-order valence-corrected chi connectivity index (χ2v) is 3.08. The zero-order valence-corrected chi connectivity index (χ0v) is 7.93. The van der Waals surface area contributed by atoms with Gasteiger partial charge in [0.25, 0.3) is 0 Å². The van der Waals surface area contributed by atoms with Gasteiger partial charge >= 0.3 is 0 Å². The Hall–Kier alpha value is -0.350. The van der Waals surface area contributed by atoms with Crippen molar-refractivity contribution in [2.75, 3.05) is 0 Å². The molecule has 0 saturated carbocycles. The maximum Gasteiger partial charge on any atom is 0.147 e. The van der Waals surface area contributed by atoms with Crippen LogP contribution in [0.15, 0.2) is 12.3 Å². The second kappa shape index (κ2) is 4.05. The van der Waals surface area contributed by atoms with Crippen LogP contribution in [0.3, 0.4) is 0 Å². The average Bonchev–Trinajstić information content (AvgIpc) is 2.08. The first-order valence-electron chi connectivity index (χ1n) is 3.31. The highest BCUT2D eigenvalue weighted by Crippen LogP contribution is 2.23. The highest BCUT2D eigenvalue weighted by atomic mass is 35.5. The minimum Gasteiger partial charge on any atom is -0.297 e. The summed E-state index contributed by atoms with van der Waals surface area (Å²) in [7, 11) is 0. The molecule has 5 heteroatoms. The second-order valence-electron chi connectivity index (χ2n) is 2.32. The number of nitrogens with zero attached hydrogens (tertiary/aromatic N) is 1. The minimum atomic E-state index is -0.229. The summed E-state index contributed by atoms with van der Waals surface area (Å²) in [6, 6.07) is 1.68. The van der Waals surface area contributed by atoms with Crippen LogP contribution in [0.25, 0.3) is 0 Å². The Balaban J connectivity index is 2.96. The zero-order chi connectivity index (χ0) is 9.14. The van der Waals surface area contributed by atoms with E-state index in [1.807, 2.05) is 0 Å². The largest absolute Gasteiger partial charge is 0.297 e. The first-order chi connectivity index (χ1) is 5.65. The fourth-order valence-corrected chi connectivity index (χ4v) is 1.02. The van der Waals surface area contributed by atoms with Crippen molar-refractivity contribution in [1.82, 2.24) is 4.98 Å². The molecule has 0 radical (unpaired) electrons. The first kappa shape index (κ1) is 9.74. The van der Waals surface area contributed by atoms with Gasteiger partial charge in [-0.15, -0.1) is 0 Å². The highest BCUT2D eigenvalue weighted by Gasteiger charge is 2.07. The van der Waals surface area contributed by atoms with Crippen molar-refractivity contribution in [3.05, 3.63) is 28.0 Å². The van der Waals surface area contributed by atoms with Gasteiger partial charge < -0.3 is 0 Å². The quantitative estimate of drug-likeness (QED) is 0.598. The summed E-state index contributed by atoms with van der Waals surface area (Å²) in [5, 5.41) is 0.683. The molecule has 12 heavy (non-hydrogen) atoms. The van der Waals surface area contributed by atoms with Gasteiger partial charge in [-0.1, -0.05) is 23.2 Å². The fraction of sp³-hybridized carbons (Fsp3) is 0.286. The third-order valence-corrected chi connectivity index (χ3v) is 2.18. The number of hydrogen-bond donors (Lipinski definition) is 1. The summed E-state index contributed by atoms with van der Waals surface area (Å²) >= 11 is 11.3. The molecular formula is C7H8Cl2N2O. The lowest BCUT2D eigenvalue weighted by atomic mass is 10.2. The van der Waals surface area contributed by atoms with E-state index < -0.39 is 0 Å². The van der Waals surface area contributed by atoms with Gasteiger partial charge in [-0.3, -0.25) is 4.84 Å². The zero-order valence-electron chi connectivity index (χ0n) is 6.42. The van der Waals surface area contributed by atoms with Crippen molar-refractivity contribution in [3.8, 4) is 0 Å². The molecule has 1 atom stereocenters. The predicted octanol–water partition coefficient (Wildman–Crippen LogP) is 2.34. The molecule has 0 aliphatic carbocycles. The number of nitrogens with two attached hydrogens (primary N) is 1. The van der Waals surface area contributed by atoms with Gasteiger partial charge in [0.05, 0.1) is 5.02 Å². The van der Waals surface area contributed by atoms with E-state index in [-0.39, 0.29) is 11.3 Å². The van der Waals surface area contributed by atoms with Gasteiger partial charge in [0.15, 0.2) is 0 Å². The summed E-state index contributed by atoms with van der Waals surface area (Å²) < 4.78 is 0. The van der Waals surface area contributed by atoms with E-state index in [0.29, 0.717) is 5.02 Å². The third-order valence-electron chi connectivity index (χ3n) is 1.49. The van der Waals surface area contributed by atoms with Gasteiger partial charge in [-0.05, 0) is 13.0 Å². The molecule has 1 aromatic rings. The van der Waals surface area contributed by atoms with Crippen LogP contribution >= 0.6 is 23.2 Å². The van der Waals surface area contributed by atoms with Gasteiger partial charge in [0.1, 0.15) is 11.3 Å². The van der Waals surface area contributed by atoms with E-state index in [1.54, 1.807) is 19.2 Å². The summed E-state index contributed by atoms with van der Waals surface area (Å²) in [5.41, 5.74) is 0.798. The number of hydrogen-bond acceptors (Lipinski definition) is 3. The van der Waals surface area contributed by atoms with Crippen molar-refractivity contribution in [2.24, 2.45) is 5.90 Å². The molecule has 66 valence electrons. The number of pyridine rings is 1. The van der Waals surface area contributed by atoms with Crippen LogP contribution in [0.5, 0.6) is 0 Å². The standard InChI is InChI=1S/C7H8Cl2N2O/c1-4(12-10)5-2-6(8)7(9)11-3-5/h2-4H,10H2,1H3. The average molecular weight is 207 g/mol. The summed E-state index contributed by atoms with van der Waals surface area (Å²) in [5.74, 6) is 4.99. The number of halogens is 2. The van der Waals surface area contributed by atoms with E-state index in [0.717, 1.165) is 5.56 Å². The number of rotatable bonds is 2. The van der Waals surface area contributed by atoms with Crippen molar-refractivity contribution in [3.63, 3.8) is 0 Å². The van der Waals surface area contributed by atoms with Crippen LogP contribution < -0.4 is 5.90 Å². The van der Waals surface area contributed by atoms with Crippen molar-refractivity contribution >= 4 is 23.2 Å². The lowest BCUT2D eigenvalue weighted by Gasteiger charge is -2.08. The van der Waals surface area contributed by atoms with Crippen molar-refractivity contribution < 1.29 is 4.84 Å². The number of aromatic nitrogens is 1. The Labute approximate surface area is 80.4 Å². The molecule has 2 N–H and O–H groups in total. The van der Waals surface area contributed by atoms with Gasteiger partial charge in [0.2, 0.25) is 0 Å². The molecule has 0 spiro atoms. The Morgan fingerprint density at radius 1 is 1.58 bits per heavy atom. The molecule has 0 aromatic carbocycles. The third kappa shape index (κ3) is 2.08. The first-order valence-corrected chi connectivity index (χ1v) is 4.07. The molecule has 0 aliphatic heterocycles. The molecule has 1 rings (SSSR count). The minimum absolute atomic E-state index is 0.229. The van der Waals surface area contributed by atoms with Crippen LogP contribution in [0, 0.1) is 0 Å². The lowest BCUT2D eigenvalue weighted by molar-refractivity contribution is 0.0662. The maximum absolute atomic E-state index is 5.72. The van der Waals surface area contributed by atoms with E-state index in [1.165, 1.54) is 0 Å². The van der Waals surface area contributed by atoms with Crippen LogP contribution in [0.2, 0.25) is 10.2 Å². The highest BCUT2D eigenvalue weighted by molar-refractivity contribution is 6.41. The molecule has 0 fully saturated rings. The monoisotopic (exact) mass is 206 g/mol. The smallest absolute Gasteiger partial charge is 0.147 e. The molecule has 3 nitrogen and oxygen atoms in total. The summed E-state index contributed by atoms with van der Waals surface area (Å²) in [6.07, 6.45) is 1.35. The molecule has 1 aromatic heterocycles. The van der Waals surface area contributed by atoms with Gasteiger partial charge in [0, 0.05) is 11.8 Å². The van der Waals surface area contributed by atoms with Crippen molar-refractivity contribution in [2.45, 2.75) is 13.0 Å². The molecule has 0 amide bonds. The molecule has 0 saturated heterocycles. The van der Waals surface area contributed by atoms with E-state index in [9.17, 15) is 0 Å². The summed E-state index contributed by atoms with van der Waals surface area (Å²) in [6.45, 7) is 1.79. The molecule has 0 aliphatic rings. The van der Waals surface area contributed by atoms with E-state index in [4.69, 9.17) is 29.1 Å². The Morgan fingerprint density at radius 3 is 2.75 bits per heavy atom. The molecule has 1 heterocycles. The van der Waals surface area contributed by atoms with E-state index >= 15 is 0 Å².